The summed E-state index contributed by atoms with van der Waals surface area (Å²) in [6, 6.07) is -0.280. The van der Waals surface area contributed by atoms with Crippen LogP contribution in [0.4, 0.5) is 0 Å². The van der Waals surface area contributed by atoms with E-state index in [0.29, 0.717) is 0 Å². The molecular formula is C7H13NO4S. The zero-order chi connectivity index (χ0) is 10.3. The van der Waals surface area contributed by atoms with Crippen molar-refractivity contribution in [2.24, 2.45) is 0 Å². The van der Waals surface area contributed by atoms with Crippen molar-refractivity contribution >= 4 is 23.6 Å². The Morgan fingerprint density at radius 1 is 1.46 bits per heavy atom. The number of aliphatic hydroxyl groups excluding tert-OH is 1. The summed E-state index contributed by atoms with van der Waals surface area (Å²) in [5, 5.41) is 19.3. The molecule has 3 N–H and O–H groups in total. The lowest BCUT2D eigenvalue weighted by Crippen LogP contribution is -2.36. The monoisotopic (exact) mass is 207 g/mol. The first-order chi connectivity index (χ1) is 6.06. The molecule has 0 aromatic heterocycles. The molecule has 0 spiro atoms. The number of amides is 1. The minimum Gasteiger partial charge on any atom is -0.481 e. The first kappa shape index (κ1) is 12.2. The van der Waals surface area contributed by atoms with Crippen molar-refractivity contribution in [3.8, 4) is 0 Å². The lowest BCUT2D eigenvalue weighted by molar-refractivity contribution is -0.133. The Bertz CT molecular complexity index is 185. The molecule has 0 aliphatic heterocycles. The molecule has 0 fully saturated rings. The summed E-state index contributed by atoms with van der Waals surface area (Å²) >= 11 is 1.03. The average molecular weight is 207 g/mol. The van der Waals surface area contributed by atoms with Crippen molar-refractivity contribution < 1.29 is 19.8 Å². The Hall–Kier alpha value is -0.750. The van der Waals surface area contributed by atoms with Crippen LogP contribution in [0.25, 0.3) is 0 Å². The molecule has 0 aliphatic carbocycles. The quantitative estimate of drug-likeness (QED) is 0.536. The first-order valence-corrected chi connectivity index (χ1v) is 4.91. The maximum absolute atomic E-state index is 11.0. The van der Waals surface area contributed by atoms with Crippen LogP contribution < -0.4 is 5.32 Å². The number of carbonyl (C=O) groups is 2. The number of thioether (sulfide) groups is 1. The highest BCUT2D eigenvalue weighted by Gasteiger charge is 2.06. The Kier molecular flexibility index (Phi) is 6.34. The van der Waals surface area contributed by atoms with E-state index in [0.717, 1.165) is 11.8 Å². The van der Waals surface area contributed by atoms with Crippen LogP contribution >= 0.6 is 11.8 Å². The van der Waals surface area contributed by atoms with E-state index in [2.05, 4.69) is 5.32 Å². The predicted molar refractivity (Wildman–Crippen MR) is 49.7 cm³/mol. The Morgan fingerprint density at radius 2 is 2.08 bits per heavy atom. The van der Waals surface area contributed by atoms with E-state index >= 15 is 0 Å². The summed E-state index contributed by atoms with van der Waals surface area (Å²) in [6.07, 6.45) is 0. The normalized spacial score (nSPS) is 12.2. The minimum atomic E-state index is -0.937. The Balaban J connectivity index is 3.46. The molecule has 0 radical (unpaired) electrons. The van der Waals surface area contributed by atoms with Crippen LogP contribution in [-0.4, -0.2) is 46.2 Å². The van der Waals surface area contributed by atoms with E-state index < -0.39 is 5.97 Å². The van der Waals surface area contributed by atoms with Gasteiger partial charge in [-0.1, -0.05) is 0 Å². The van der Waals surface area contributed by atoms with Gasteiger partial charge in [0.15, 0.2) is 0 Å². The molecule has 0 aromatic carbocycles. The summed E-state index contributed by atoms with van der Waals surface area (Å²) in [4.78, 5) is 21.0. The van der Waals surface area contributed by atoms with Crippen LogP contribution in [-0.2, 0) is 9.59 Å². The van der Waals surface area contributed by atoms with Gasteiger partial charge in [0.2, 0.25) is 5.91 Å². The summed E-state index contributed by atoms with van der Waals surface area (Å²) in [5.74, 6) is -1.17. The lowest BCUT2D eigenvalue weighted by atomic mass is 10.4. The molecule has 0 aromatic rings. The fourth-order valence-electron chi connectivity index (χ4n) is 0.593. The van der Waals surface area contributed by atoms with E-state index in [4.69, 9.17) is 10.2 Å². The number of aliphatic carboxylic acids is 1. The van der Waals surface area contributed by atoms with Crippen LogP contribution in [0.3, 0.4) is 0 Å². The molecule has 76 valence electrons. The minimum absolute atomic E-state index is 0.0824. The van der Waals surface area contributed by atoms with Gasteiger partial charge in [-0.25, -0.2) is 0 Å². The van der Waals surface area contributed by atoms with Gasteiger partial charge in [-0.2, -0.15) is 0 Å². The summed E-state index contributed by atoms with van der Waals surface area (Å²) in [7, 11) is 0. The second kappa shape index (κ2) is 6.73. The van der Waals surface area contributed by atoms with Crippen molar-refractivity contribution in [3.05, 3.63) is 0 Å². The molecule has 0 heterocycles. The third-order valence-corrected chi connectivity index (χ3v) is 2.06. The maximum Gasteiger partial charge on any atom is 0.313 e. The van der Waals surface area contributed by atoms with Crippen LogP contribution in [0, 0.1) is 0 Å². The molecule has 0 saturated heterocycles. The van der Waals surface area contributed by atoms with E-state index in [9.17, 15) is 9.59 Å². The van der Waals surface area contributed by atoms with Gasteiger partial charge in [0.25, 0.3) is 0 Å². The summed E-state index contributed by atoms with van der Waals surface area (Å²) in [5.41, 5.74) is 0. The summed E-state index contributed by atoms with van der Waals surface area (Å²) in [6.45, 7) is 1.55. The number of hydrogen-bond donors (Lipinski definition) is 3. The Morgan fingerprint density at radius 3 is 2.54 bits per heavy atom. The summed E-state index contributed by atoms with van der Waals surface area (Å²) < 4.78 is 0. The van der Waals surface area contributed by atoms with Gasteiger partial charge < -0.3 is 15.5 Å². The van der Waals surface area contributed by atoms with E-state index in [-0.39, 0.29) is 30.1 Å². The number of carbonyl (C=O) groups excluding carboxylic acids is 1. The second-order valence-electron chi connectivity index (χ2n) is 2.54. The molecule has 13 heavy (non-hydrogen) atoms. The number of aliphatic hydroxyl groups is 1. The highest BCUT2D eigenvalue weighted by atomic mass is 32.2. The zero-order valence-corrected chi connectivity index (χ0v) is 8.13. The number of nitrogens with one attached hydrogen (secondary N) is 1. The van der Waals surface area contributed by atoms with Gasteiger partial charge in [-0.05, 0) is 6.92 Å². The highest BCUT2D eigenvalue weighted by Crippen LogP contribution is 1.98. The van der Waals surface area contributed by atoms with Gasteiger partial charge in [0.05, 0.1) is 18.1 Å². The molecule has 0 aliphatic rings. The second-order valence-corrected chi connectivity index (χ2v) is 3.52. The number of rotatable bonds is 6. The number of hydrogen-bond acceptors (Lipinski definition) is 4. The molecule has 1 atom stereocenters. The van der Waals surface area contributed by atoms with Crippen molar-refractivity contribution in [1.29, 1.82) is 0 Å². The third kappa shape index (κ3) is 7.61. The molecule has 5 nitrogen and oxygen atoms in total. The average Bonchev–Trinajstić information content (AvgIpc) is 2.03. The number of carboxylic acids is 1. The van der Waals surface area contributed by atoms with Crippen LogP contribution in [0.15, 0.2) is 0 Å². The largest absolute Gasteiger partial charge is 0.481 e. The van der Waals surface area contributed by atoms with Gasteiger partial charge in [0.1, 0.15) is 0 Å². The number of carboxylic acid groups (broad SMARTS) is 1. The Labute approximate surface area is 80.5 Å². The standard InChI is InChI=1S/C7H13NO4S/c1-5(2-9)8-6(10)3-13-4-7(11)12/h5,9H,2-4H2,1H3,(H,8,10)(H,11,12). The fraction of sp³-hybridized carbons (Fsp3) is 0.714. The lowest BCUT2D eigenvalue weighted by Gasteiger charge is -2.09. The van der Waals surface area contributed by atoms with Crippen LogP contribution in [0.2, 0.25) is 0 Å². The first-order valence-electron chi connectivity index (χ1n) is 3.76. The molecule has 0 rings (SSSR count). The van der Waals surface area contributed by atoms with Crippen LogP contribution in [0.1, 0.15) is 6.92 Å². The predicted octanol–water partition coefficient (Wildman–Crippen LogP) is -0.699. The molecule has 1 unspecified atom stereocenters. The third-order valence-electron chi connectivity index (χ3n) is 1.14. The molecule has 0 bridgehead atoms. The smallest absolute Gasteiger partial charge is 0.313 e. The SMILES string of the molecule is CC(CO)NC(=O)CSCC(=O)O. The van der Waals surface area contributed by atoms with E-state index in [1.807, 2.05) is 0 Å². The van der Waals surface area contributed by atoms with Gasteiger partial charge in [0, 0.05) is 6.04 Å². The van der Waals surface area contributed by atoms with Crippen molar-refractivity contribution in [2.45, 2.75) is 13.0 Å². The highest BCUT2D eigenvalue weighted by molar-refractivity contribution is 8.00. The molecule has 6 heteroatoms. The van der Waals surface area contributed by atoms with Crippen LogP contribution in [0.5, 0.6) is 0 Å². The van der Waals surface area contributed by atoms with Gasteiger partial charge in [-0.3, -0.25) is 9.59 Å². The maximum atomic E-state index is 11.0. The van der Waals surface area contributed by atoms with Gasteiger partial charge >= 0.3 is 5.97 Å². The zero-order valence-electron chi connectivity index (χ0n) is 7.32. The van der Waals surface area contributed by atoms with Gasteiger partial charge in [-0.15, -0.1) is 11.8 Å². The topological polar surface area (TPSA) is 86.6 Å². The molecular weight excluding hydrogens is 194 g/mol. The molecule has 0 saturated carbocycles. The van der Waals surface area contributed by atoms with E-state index in [1.165, 1.54) is 0 Å². The fourth-order valence-corrected chi connectivity index (χ4v) is 1.14. The molecule has 1 amide bonds. The van der Waals surface area contributed by atoms with Crippen molar-refractivity contribution in [2.75, 3.05) is 18.1 Å². The van der Waals surface area contributed by atoms with E-state index in [1.54, 1.807) is 6.92 Å². The van der Waals surface area contributed by atoms with Crippen molar-refractivity contribution in [3.63, 3.8) is 0 Å². The van der Waals surface area contributed by atoms with Crippen molar-refractivity contribution in [1.82, 2.24) is 5.32 Å².